The van der Waals surface area contributed by atoms with Gasteiger partial charge in [-0.3, -0.25) is 0 Å². The van der Waals surface area contributed by atoms with Crippen LogP contribution in [0.2, 0.25) is 0 Å². The SMILES string of the molecule is CC(C)Oc1cccc(OS(N)(=O)=O)n1. The van der Waals surface area contributed by atoms with Crippen LogP contribution in [-0.2, 0) is 10.3 Å². The van der Waals surface area contributed by atoms with Gasteiger partial charge in [-0.05, 0) is 13.8 Å². The Balaban J connectivity index is 2.83. The molecular formula is C8H12N2O4S. The van der Waals surface area contributed by atoms with Gasteiger partial charge in [0.1, 0.15) is 0 Å². The zero-order valence-electron chi connectivity index (χ0n) is 8.38. The molecule has 1 aromatic rings. The lowest BCUT2D eigenvalue weighted by Crippen LogP contribution is -2.19. The van der Waals surface area contributed by atoms with Crippen molar-refractivity contribution in [3.63, 3.8) is 0 Å². The smallest absolute Gasteiger partial charge is 0.381 e. The molecule has 0 aliphatic carbocycles. The van der Waals surface area contributed by atoms with Crippen molar-refractivity contribution < 1.29 is 17.3 Å². The second-order valence-corrected chi connectivity index (χ2v) is 4.21. The maximum atomic E-state index is 10.6. The van der Waals surface area contributed by atoms with Crippen LogP contribution in [0.3, 0.4) is 0 Å². The summed E-state index contributed by atoms with van der Waals surface area (Å²) in [5, 5.41) is 4.69. The molecule has 0 saturated carbocycles. The highest BCUT2D eigenvalue weighted by Crippen LogP contribution is 2.15. The van der Waals surface area contributed by atoms with Crippen molar-refractivity contribution in [2.24, 2.45) is 5.14 Å². The highest BCUT2D eigenvalue weighted by atomic mass is 32.2. The minimum Gasteiger partial charge on any atom is -0.475 e. The van der Waals surface area contributed by atoms with Gasteiger partial charge in [0.2, 0.25) is 11.8 Å². The molecule has 15 heavy (non-hydrogen) atoms. The van der Waals surface area contributed by atoms with Gasteiger partial charge in [0, 0.05) is 12.1 Å². The van der Waals surface area contributed by atoms with E-state index in [4.69, 9.17) is 4.74 Å². The predicted molar refractivity (Wildman–Crippen MR) is 53.7 cm³/mol. The summed E-state index contributed by atoms with van der Waals surface area (Å²) in [6, 6.07) is 4.53. The van der Waals surface area contributed by atoms with Gasteiger partial charge >= 0.3 is 10.3 Å². The Morgan fingerprint density at radius 3 is 2.47 bits per heavy atom. The molecule has 0 saturated heterocycles. The molecule has 0 bridgehead atoms. The van der Waals surface area contributed by atoms with E-state index in [9.17, 15) is 8.42 Å². The van der Waals surface area contributed by atoms with E-state index >= 15 is 0 Å². The first-order chi connectivity index (χ1) is 6.87. The number of ether oxygens (including phenoxy) is 1. The molecule has 1 heterocycles. The van der Waals surface area contributed by atoms with Gasteiger partial charge in [-0.15, -0.1) is 0 Å². The third-order valence-corrected chi connectivity index (χ3v) is 1.66. The topological polar surface area (TPSA) is 91.5 Å². The van der Waals surface area contributed by atoms with E-state index in [1.165, 1.54) is 6.07 Å². The van der Waals surface area contributed by atoms with Crippen LogP contribution in [0.15, 0.2) is 18.2 Å². The second kappa shape index (κ2) is 4.45. The number of pyridine rings is 1. The number of rotatable bonds is 4. The maximum Gasteiger partial charge on any atom is 0.381 e. The first kappa shape index (κ1) is 11.7. The molecule has 0 amide bonds. The normalized spacial score (nSPS) is 11.5. The van der Waals surface area contributed by atoms with E-state index in [0.717, 1.165) is 0 Å². The second-order valence-electron chi connectivity index (χ2n) is 3.06. The Kier molecular flexibility index (Phi) is 3.48. The minimum atomic E-state index is -4.04. The summed E-state index contributed by atoms with van der Waals surface area (Å²) in [6.45, 7) is 3.66. The van der Waals surface area contributed by atoms with Crippen LogP contribution in [0.25, 0.3) is 0 Å². The van der Waals surface area contributed by atoms with Crippen LogP contribution in [0, 0.1) is 0 Å². The molecule has 0 spiro atoms. The fraction of sp³-hybridized carbons (Fsp3) is 0.375. The van der Waals surface area contributed by atoms with Crippen LogP contribution >= 0.6 is 0 Å². The molecule has 0 aliphatic heterocycles. The summed E-state index contributed by atoms with van der Waals surface area (Å²) in [5.41, 5.74) is 0. The Labute approximate surface area is 88.3 Å². The maximum absolute atomic E-state index is 10.6. The van der Waals surface area contributed by atoms with Crippen molar-refractivity contribution in [2.75, 3.05) is 0 Å². The molecule has 0 aromatic carbocycles. The number of nitrogens with two attached hydrogens (primary N) is 1. The molecule has 0 unspecified atom stereocenters. The lowest BCUT2D eigenvalue weighted by atomic mass is 10.4. The van der Waals surface area contributed by atoms with Crippen molar-refractivity contribution in [3.8, 4) is 11.8 Å². The standard InChI is InChI=1S/C8H12N2O4S/c1-6(2)13-7-4-3-5-8(10-7)14-15(9,11)12/h3-6H,1-2H3,(H2,9,11,12). The summed E-state index contributed by atoms with van der Waals surface area (Å²) < 4.78 is 30.8. The fourth-order valence-electron chi connectivity index (χ4n) is 0.868. The zero-order valence-corrected chi connectivity index (χ0v) is 9.19. The Hall–Kier alpha value is -1.34. The van der Waals surface area contributed by atoms with Crippen molar-refractivity contribution in [3.05, 3.63) is 18.2 Å². The number of hydrogen-bond acceptors (Lipinski definition) is 5. The summed E-state index contributed by atoms with van der Waals surface area (Å²) in [6.07, 6.45) is -0.0535. The minimum absolute atomic E-state index is 0.0535. The number of nitrogens with zero attached hydrogens (tertiary/aromatic N) is 1. The largest absolute Gasteiger partial charge is 0.475 e. The summed E-state index contributed by atoms with van der Waals surface area (Å²) in [4.78, 5) is 3.79. The fourth-order valence-corrected chi connectivity index (χ4v) is 1.20. The zero-order chi connectivity index (χ0) is 11.5. The molecule has 0 atom stereocenters. The molecule has 7 heteroatoms. The van der Waals surface area contributed by atoms with Gasteiger partial charge in [-0.1, -0.05) is 6.07 Å². The Morgan fingerprint density at radius 1 is 1.33 bits per heavy atom. The van der Waals surface area contributed by atoms with Crippen molar-refractivity contribution >= 4 is 10.3 Å². The van der Waals surface area contributed by atoms with Crippen LogP contribution in [0.4, 0.5) is 0 Å². The third-order valence-electron chi connectivity index (χ3n) is 1.26. The molecule has 1 rings (SSSR count). The van der Waals surface area contributed by atoms with Gasteiger partial charge in [0.25, 0.3) is 0 Å². The summed E-state index contributed by atoms with van der Waals surface area (Å²) in [7, 11) is -4.04. The number of aromatic nitrogens is 1. The molecule has 0 fully saturated rings. The van der Waals surface area contributed by atoms with E-state index in [1.807, 2.05) is 13.8 Å². The Bertz CT molecular complexity index is 430. The molecule has 6 nitrogen and oxygen atoms in total. The van der Waals surface area contributed by atoms with Gasteiger partial charge in [-0.25, -0.2) is 0 Å². The molecule has 0 radical (unpaired) electrons. The van der Waals surface area contributed by atoms with Gasteiger partial charge in [-0.2, -0.15) is 18.5 Å². The van der Waals surface area contributed by atoms with Gasteiger partial charge in [0.05, 0.1) is 6.10 Å². The third kappa shape index (κ3) is 4.61. The predicted octanol–water partition coefficient (Wildman–Crippen LogP) is 0.451. The molecule has 2 N–H and O–H groups in total. The Morgan fingerprint density at radius 2 is 1.93 bits per heavy atom. The van der Waals surface area contributed by atoms with E-state index < -0.39 is 10.3 Å². The van der Waals surface area contributed by atoms with E-state index in [2.05, 4.69) is 14.3 Å². The van der Waals surface area contributed by atoms with Crippen LogP contribution in [0.5, 0.6) is 11.8 Å². The van der Waals surface area contributed by atoms with E-state index in [1.54, 1.807) is 12.1 Å². The lowest BCUT2D eigenvalue weighted by Gasteiger charge is -2.09. The van der Waals surface area contributed by atoms with E-state index in [-0.39, 0.29) is 17.9 Å². The average molecular weight is 232 g/mol. The first-order valence-electron chi connectivity index (χ1n) is 4.23. The van der Waals surface area contributed by atoms with Crippen LogP contribution in [-0.4, -0.2) is 19.5 Å². The van der Waals surface area contributed by atoms with Gasteiger partial charge in [0.15, 0.2) is 0 Å². The monoisotopic (exact) mass is 232 g/mol. The van der Waals surface area contributed by atoms with Crippen LogP contribution in [0.1, 0.15) is 13.8 Å². The molecule has 84 valence electrons. The molecular weight excluding hydrogens is 220 g/mol. The highest BCUT2D eigenvalue weighted by molar-refractivity contribution is 7.84. The first-order valence-corrected chi connectivity index (χ1v) is 5.70. The lowest BCUT2D eigenvalue weighted by molar-refractivity contribution is 0.231. The number of hydrogen-bond donors (Lipinski definition) is 1. The highest BCUT2D eigenvalue weighted by Gasteiger charge is 2.07. The van der Waals surface area contributed by atoms with Crippen molar-refractivity contribution in [1.82, 2.24) is 4.98 Å². The van der Waals surface area contributed by atoms with Crippen LogP contribution < -0.4 is 14.1 Å². The van der Waals surface area contributed by atoms with Crippen molar-refractivity contribution in [1.29, 1.82) is 0 Å². The average Bonchev–Trinajstić information content (AvgIpc) is 1.99. The summed E-state index contributed by atoms with van der Waals surface area (Å²) in [5.74, 6) is 0.168. The van der Waals surface area contributed by atoms with Crippen molar-refractivity contribution in [2.45, 2.75) is 20.0 Å². The molecule has 1 aromatic heterocycles. The summed E-state index contributed by atoms with van der Waals surface area (Å²) >= 11 is 0. The quantitative estimate of drug-likeness (QED) is 0.813. The van der Waals surface area contributed by atoms with E-state index in [0.29, 0.717) is 0 Å². The van der Waals surface area contributed by atoms with Gasteiger partial charge < -0.3 is 8.92 Å². The molecule has 0 aliphatic rings.